The fourth-order valence-corrected chi connectivity index (χ4v) is 6.40. The van der Waals surface area contributed by atoms with Gasteiger partial charge in [-0.3, -0.25) is 4.79 Å². The molecule has 0 bridgehead atoms. The van der Waals surface area contributed by atoms with Crippen molar-refractivity contribution < 1.29 is 25.2 Å². The van der Waals surface area contributed by atoms with Gasteiger partial charge in [-0.25, -0.2) is 0 Å². The van der Waals surface area contributed by atoms with Crippen molar-refractivity contribution in [2.75, 3.05) is 0 Å². The fraction of sp³-hybridized carbons (Fsp3) is 0.800. The molecule has 0 amide bonds. The second kappa shape index (κ2) is 8.07. The first-order valence-electron chi connectivity index (χ1n) is 11.5. The van der Waals surface area contributed by atoms with Crippen molar-refractivity contribution in [1.82, 2.24) is 0 Å². The van der Waals surface area contributed by atoms with E-state index in [1.807, 2.05) is 13.0 Å². The molecular formula is C25H40O5. The average Bonchev–Trinajstić information content (AvgIpc) is 3.12. The van der Waals surface area contributed by atoms with E-state index in [-0.39, 0.29) is 23.2 Å². The topological polar surface area (TPSA) is 98.0 Å². The van der Waals surface area contributed by atoms with Gasteiger partial charge < -0.3 is 20.4 Å². The highest BCUT2D eigenvalue weighted by Crippen LogP contribution is 2.55. The van der Waals surface area contributed by atoms with Gasteiger partial charge in [-0.15, -0.1) is 0 Å². The van der Waals surface area contributed by atoms with Gasteiger partial charge in [-0.1, -0.05) is 31.6 Å². The van der Waals surface area contributed by atoms with Crippen LogP contribution in [0.5, 0.6) is 0 Å². The average molecular weight is 421 g/mol. The predicted octanol–water partition coefficient (Wildman–Crippen LogP) is 4.07. The zero-order valence-electron chi connectivity index (χ0n) is 19.2. The Morgan fingerprint density at radius 3 is 2.43 bits per heavy atom. The Bertz CT molecular complexity index is 734. The lowest BCUT2D eigenvalue weighted by Crippen LogP contribution is -2.44. The van der Waals surface area contributed by atoms with E-state index >= 15 is 0 Å². The summed E-state index contributed by atoms with van der Waals surface area (Å²) in [6, 6.07) is 0. The second-order valence-corrected chi connectivity index (χ2v) is 11.1. The van der Waals surface area contributed by atoms with Crippen molar-refractivity contribution in [3.63, 3.8) is 0 Å². The lowest BCUT2D eigenvalue weighted by molar-refractivity contribution is -0.144. The third kappa shape index (κ3) is 4.26. The first-order valence-corrected chi connectivity index (χ1v) is 11.5. The minimum Gasteiger partial charge on any atom is -0.481 e. The molecule has 0 spiro atoms. The fourth-order valence-electron chi connectivity index (χ4n) is 6.40. The third-order valence-electron chi connectivity index (χ3n) is 8.77. The van der Waals surface area contributed by atoms with Gasteiger partial charge in [-0.05, 0) is 88.5 Å². The van der Waals surface area contributed by atoms with Crippen LogP contribution in [-0.2, 0) is 4.79 Å². The number of hydrogen-bond acceptors (Lipinski definition) is 4. The van der Waals surface area contributed by atoms with Crippen LogP contribution in [-0.4, -0.2) is 43.7 Å². The summed E-state index contributed by atoms with van der Waals surface area (Å²) >= 11 is 0. The molecule has 4 N–H and O–H groups in total. The summed E-state index contributed by atoms with van der Waals surface area (Å²) in [4.78, 5) is 11.8. The summed E-state index contributed by atoms with van der Waals surface area (Å²) in [7, 11) is 0. The minimum absolute atomic E-state index is 0.0540. The molecule has 2 saturated carbocycles. The van der Waals surface area contributed by atoms with Crippen molar-refractivity contribution in [2.45, 2.75) is 96.9 Å². The molecule has 0 heterocycles. The minimum atomic E-state index is -1.29. The molecule has 170 valence electrons. The number of carbonyl (C=O) groups is 1. The number of aliphatic hydroxyl groups is 3. The molecule has 3 aliphatic rings. The number of fused-ring (bicyclic) bond motifs is 2. The molecule has 5 nitrogen and oxygen atoms in total. The van der Waals surface area contributed by atoms with E-state index in [0.717, 1.165) is 31.3 Å². The largest absolute Gasteiger partial charge is 0.481 e. The molecule has 3 aliphatic carbocycles. The number of allylic oxidation sites excluding steroid dienone is 2. The van der Waals surface area contributed by atoms with Gasteiger partial charge in [0, 0.05) is 5.92 Å². The molecule has 0 radical (unpaired) electrons. The van der Waals surface area contributed by atoms with Crippen LogP contribution in [0, 0.1) is 29.1 Å². The molecule has 0 aliphatic heterocycles. The number of rotatable bonds is 2. The van der Waals surface area contributed by atoms with Crippen LogP contribution in [0.3, 0.4) is 0 Å². The van der Waals surface area contributed by atoms with Crippen LogP contribution in [0.1, 0.15) is 79.6 Å². The molecular weight excluding hydrogens is 380 g/mol. The normalized spacial score (nSPS) is 49.5. The van der Waals surface area contributed by atoms with Crippen LogP contribution in [0.4, 0.5) is 0 Å². The molecule has 8 atom stereocenters. The highest BCUT2D eigenvalue weighted by Gasteiger charge is 2.50. The molecule has 0 saturated heterocycles. The second-order valence-electron chi connectivity index (χ2n) is 11.1. The van der Waals surface area contributed by atoms with Gasteiger partial charge >= 0.3 is 5.97 Å². The van der Waals surface area contributed by atoms with Crippen LogP contribution in [0.2, 0.25) is 0 Å². The zero-order chi connectivity index (χ0) is 22.5. The highest BCUT2D eigenvalue weighted by molar-refractivity contribution is 5.70. The van der Waals surface area contributed by atoms with Crippen LogP contribution in [0.15, 0.2) is 23.3 Å². The Morgan fingerprint density at radius 1 is 1.13 bits per heavy atom. The highest BCUT2D eigenvalue weighted by atomic mass is 16.4. The Labute approximate surface area is 180 Å². The van der Waals surface area contributed by atoms with E-state index in [9.17, 15) is 25.2 Å². The lowest BCUT2D eigenvalue weighted by Gasteiger charge is -2.40. The zero-order valence-corrected chi connectivity index (χ0v) is 19.2. The van der Waals surface area contributed by atoms with Gasteiger partial charge in [0.1, 0.15) is 0 Å². The summed E-state index contributed by atoms with van der Waals surface area (Å²) in [5.41, 5.74) is -0.254. The first kappa shape index (κ1) is 23.5. The standard InChI is InChI=1S/C25H40O5/c1-15-6-7-19-18(16(2)22(27)28)8-11-23(19,3)14-21(26)25(5,30)13-10-20-17(15)9-12-24(20,4)29/h6,10,16-19,21,26,29-30H,7-9,11-14H2,1-5H3,(H,27,28)/b15-6-,20-10-/t16-,17-,18-,19+,21+,23-,24+,25-/m0/s1. The molecule has 5 heteroatoms. The number of carboxylic acid groups (broad SMARTS) is 1. The SMILES string of the molecule is C/C1=C/C[C@@H]2[C@H]([C@H](C)C(=O)O)CC[C@@]2(C)C[C@@H](O)[C@@](C)(O)C/C=C2/[C@H]1CC[C@@]2(C)O. The van der Waals surface area contributed by atoms with Gasteiger partial charge in [0.15, 0.2) is 0 Å². The maximum Gasteiger partial charge on any atom is 0.306 e. The number of aliphatic hydroxyl groups excluding tert-OH is 1. The summed E-state index contributed by atoms with van der Waals surface area (Å²) in [6.45, 7) is 9.57. The smallest absolute Gasteiger partial charge is 0.306 e. The maximum absolute atomic E-state index is 11.8. The number of carboxylic acids is 1. The van der Waals surface area contributed by atoms with Gasteiger partial charge in [0.25, 0.3) is 0 Å². The molecule has 0 unspecified atom stereocenters. The van der Waals surface area contributed by atoms with Crippen molar-refractivity contribution in [2.24, 2.45) is 29.1 Å². The Balaban J connectivity index is 2.03. The summed E-state index contributed by atoms with van der Waals surface area (Å²) < 4.78 is 0. The Kier molecular flexibility index (Phi) is 6.32. The predicted molar refractivity (Wildman–Crippen MR) is 117 cm³/mol. The van der Waals surface area contributed by atoms with Crippen LogP contribution < -0.4 is 0 Å². The monoisotopic (exact) mass is 420 g/mol. The van der Waals surface area contributed by atoms with Crippen molar-refractivity contribution in [3.05, 3.63) is 23.3 Å². The lowest BCUT2D eigenvalue weighted by atomic mass is 9.67. The molecule has 30 heavy (non-hydrogen) atoms. The summed E-state index contributed by atoms with van der Waals surface area (Å²) in [5, 5.41) is 42.7. The van der Waals surface area contributed by atoms with Crippen molar-refractivity contribution in [1.29, 1.82) is 0 Å². The quantitative estimate of drug-likeness (QED) is 0.505. The summed E-state index contributed by atoms with van der Waals surface area (Å²) in [6.07, 6.45) is 8.04. The number of aliphatic carboxylic acids is 1. The third-order valence-corrected chi connectivity index (χ3v) is 8.77. The Morgan fingerprint density at radius 2 is 1.80 bits per heavy atom. The molecule has 3 rings (SSSR count). The first-order chi connectivity index (χ1) is 13.8. The summed E-state index contributed by atoms with van der Waals surface area (Å²) in [5.74, 6) is -0.870. The maximum atomic E-state index is 11.8. The van der Waals surface area contributed by atoms with E-state index in [0.29, 0.717) is 19.3 Å². The molecule has 0 aromatic heterocycles. The van der Waals surface area contributed by atoms with E-state index in [2.05, 4.69) is 19.9 Å². The van der Waals surface area contributed by atoms with Gasteiger partial charge in [0.2, 0.25) is 0 Å². The Hall–Kier alpha value is -1.17. The molecule has 2 fully saturated rings. The number of hydrogen-bond donors (Lipinski definition) is 4. The molecule has 0 aromatic rings. The molecule has 0 aromatic carbocycles. The van der Waals surface area contributed by atoms with Gasteiger partial charge in [0.05, 0.1) is 23.2 Å². The van der Waals surface area contributed by atoms with Crippen molar-refractivity contribution >= 4 is 5.97 Å². The van der Waals surface area contributed by atoms with E-state index in [4.69, 9.17) is 0 Å². The van der Waals surface area contributed by atoms with E-state index in [1.165, 1.54) is 5.57 Å². The van der Waals surface area contributed by atoms with Crippen LogP contribution in [0.25, 0.3) is 0 Å². The van der Waals surface area contributed by atoms with Gasteiger partial charge in [-0.2, -0.15) is 0 Å². The van der Waals surface area contributed by atoms with Crippen LogP contribution >= 0.6 is 0 Å². The van der Waals surface area contributed by atoms with E-state index in [1.54, 1.807) is 13.8 Å². The van der Waals surface area contributed by atoms with E-state index < -0.39 is 29.2 Å². The van der Waals surface area contributed by atoms with Crippen molar-refractivity contribution in [3.8, 4) is 0 Å².